The number of halogens is 2. The van der Waals surface area contributed by atoms with Crippen LogP contribution in [0.4, 0.5) is 0 Å². The zero-order valence-corrected chi connectivity index (χ0v) is 17.1. The largest absolute Gasteiger partial charge is 0.368 e. The molecule has 7 heteroatoms. The maximum atomic E-state index is 12.2. The number of benzene rings is 1. The Morgan fingerprint density at radius 1 is 1.25 bits per heavy atom. The van der Waals surface area contributed by atoms with E-state index >= 15 is 0 Å². The monoisotopic (exact) mass is 472 g/mol. The van der Waals surface area contributed by atoms with Crippen LogP contribution in [-0.4, -0.2) is 17.9 Å². The number of amides is 2. The summed E-state index contributed by atoms with van der Waals surface area (Å²) in [4.78, 5) is 25.1. The van der Waals surface area contributed by atoms with Gasteiger partial charge in [0, 0.05) is 21.7 Å². The minimum absolute atomic E-state index is 0.178. The lowest BCUT2D eigenvalue weighted by molar-refractivity contribution is -0.127. The third-order valence-electron chi connectivity index (χ3n) is 3.74. The molecule has 0 radical (unpaired) electrons. The number of nitrogens with two attached hydrogens (primary N) is 1. The van der Waals surface area contributed by atoms with Gasteiger partial charge < -0.3 is 11.1 Å². The van der Waals surface area contributed by atoms with Crippen molar-refractivity contribution < 1.29 is 9.59 Å². The fourth-order valence-electron chi connectivity index (χ4n) is 2.39. The van der Waals surface area contributed by atoms with Gasteiger partial charge in [0.15, 0.2) is 0 Å². The number of primary amides is 1. The maximum Gasteiger partial charge on any atom is 0.240 e. The van der Waals surface area contributed by atoms with E-state index < -0.39 is 11.9 Å². The molecule has 0 fully saturated rings. The summed E-state index contributed by atoms with van der Waals surface area (Å²) >= 11 is 8.45. The first kappa shape index (κ1) is 19.1. The van der Waals surface area contributed by atoms with Crippen LogP contribution >= 0.6 is 43.2 Å². The smallest absolute Gasteiger partial charge is 0.240 e. The lowest BCUT2D eigenvalue weighted by atomic mass is 9.92. The van der Waals surface area contributed by atoms with E-state index in [4.69, 9.17) is 5.73 Å². The van der Waals surface area contributed by atoms with Gasteiger partial charge >= 0.3 is 0 Å². The third-order valence-corrected chi connectivity index (χ3v) is 7.06. The van der Waals surface area contributed by atoms with Crippen molar-refractivity contribution in [1.82, 2.24) is 5.32 Å². The van der Waals surface area contributed by atoms with Crippen molar-refractivity contribution in [2.24, 2.45) is 5.73 Å². The van der Waals surface area contributed by atoms with Gasteiger partial charge in [0.25, 0.3) is 0 Å². The second-order valence-corrected chi connectivity index (χ2v) is 8.79. The maximum absolute atomic E-state index is 12.2. The Bertz CT molecular complexity index is 699. The van der Waals surface area contributed by atoms with Crippen molar-refractivity contribution in [3.8, 4) is 0 Å². The molecule has 2 amide bonds. The molecule has 0 bridgehead atoms. The number of nitrogens with one attached hydrogen (secondary N) is 1. The molecule has 1 aromatic heterocycles. The van der Waals surface area contributed by atoms with E-state index in [2.05, 4.69) is 37.2 Å². The molecule has 2 aromatic rings. The fraction of sp³-hybridized carbons (Fsp3) is 0.294. The van der Waals surface area contributed by atoms with Crippen molar-refractivity contribution in [3.63, 3.8) is 0 Å². The molecule has 0 spiro atoms. The van der Waals surface area contributed by atoms with E-state index in [0.29, 0.717) is 12.8 Å². The van der Waals surface area contributed by atoms with Gasteiger partial charge in [-0.25, -0.2) is 0 Å². The van der Waals surface area contributed by atoms with E-state index in [0.717, 1.165) is 18.7 Å². The first-order chi connectivity index (χ1) is 11.4. The second kappa shape index (κ2) is 8.78. The molecular weight excluding hydrogens is 456 g/mol. The van der Waals surface area contributed by atoms with Crippen LogP contribution < -0.4 is 11.1 Å². The second-order valence-electron chi connectivity index (χ2n) is 5.48. The molecule has 2 atom stereocenters. The summed E-state index contributed by atoms with van der Waals surface area (Å²) < 4.78 is 1.99. The van der Waals surface area contributed by atoms with Crippen molar-refractivity contribution in [3.05, 3.63) is 55.1 Å². The van der Waals surface area contributed by atoms with Gasteiger partial charge in [-0.2, -0.15) is 0 Å². The Labute approximate surface area is 162 Å². The fourth-order valence-corrected chi connectivity index (χ4v) is 4.56. The predicted octanol–water partition coefficient (Wildman–Crippen LogP) is 3.98. The molecule has 4 nitrogen and oxygen atoms in total. The topological polar surface area (TPSA) is 72.2 Å². The van der Waals surface area contributed by atoms with Gasteiger partial charge in [0.05, 0.1) is 3.79 Å². The summed E-state index contributed by atoms with van der Waals surface area (Å²) in [6.45, 7) is 1.89. The minimum Gasteiger partial charge on any atom is -0.368 e. The zero-order chi connectivity index (χ0) is 17.7. The van der Waals surface area contributed by atoms with Crippen molar-refractivity contribution >= 4 is 55.0 Å². The Balaban J connectivity index is 1.97. The van der Waals surface area contributed by atoms with Crippen molar-refractivity contribution in [2.75, 3.05) is 0 Å². The molecule has 2 unspecified atom stereocenters. The van der Waals surface area contributed by atoms with E-state index in [1.54, 1.807) is 11.3 Å². The predicted molar refractivity (Wildman–Crippen MR) is 104 cm³/mol. The van der Waals surface area contributed by atoms with E-state index in [-0.39, 0.29) is 11.8 Å². The SMILES string of the molecule is CC(c1ccccc1)C(NC(=O)CCc1cc(Br)c(Br)s1)C(N)=O. The van der Waals surface area contributed by atoms with Crippen LogP contribution in [0.1, 0.15) is 29.7 Å². The van der Waals surface area contributed by atoms with Crippen LogP contribution in [0.5, 0.6) is 0 Å². The summed E-state index contributed by atoms with van der Waals surface area (Å²) in [6, 6.07) is 10.8. The van der Waals surface area contributed by atoms with Crippen LogP contribution in [-0.2, 0) is 16.0 Å². The summed E-state index contributed by atoms with van der Waals surface area (Å²) in [5.74, 6) is -0.888. The molecule has 24 heavy (non-hydrogen) atoms. The van der Waals surface area contributed by atoms with Gasteiger partial charge in [-0.1, -0.05) is 37.3 Å². The van der Waals surface area contributed by atoms with E-state index in [9.17, 15) is 9.59 Å². The number of thiophene rings is 1. The number of hydrogen-bond donors (Lipinski definition) is 2. The van der Waals surface area contributed by atoms with Crippen LogP contribution in [0.15, 0.2) is 44.7 Å². The van der Waals surface area contributed by atoms with Gasteiger partial charge in [-0.05, 0) is 49.9 Å². The molecule has 128 valence electrons. The molecule has 0 aliphatic heterocycles. The van der Waals surface area contributed by atoms with Crippen LogP contribution in [0, 0.1) is 0 Å². The standard InChI is InChI=1S/C17H18Br2N2O2S/c1-10(11-5-3-2-4-6-11)15(17(20)23)21-14(22)8-7-12-9-13(18)16(19)24-12/h2-6,9-10,15H,7-8H2,1H3,(H2,20,23)(H,21,22). The van der Waals surface area contributed by atoms with Crippen LogP contribution in [0.25, 0.3) is 0 Å². The van der Waals surface area contributed by atoms with Crippen LogP contribution in [0.3, 0.4) is 0 Å². The highest BCUT2D eigenvalue weighted by Gasteiger charge is 2.25. The first-order valence-electron chi connectivity index (χ1n) is 7.45. The normalized spacial score (nSPS) is 13.3. The molecule has 3 N–H and O–H groups in total. The molecule has 0 aliphatic carbocycles. The molecular formula is C17H18Br2N2O2S. The molecule has 0 aliphatic rings. The summed E-state index contributed by atoms with van der Waals surface area (Å²) in [5.41, 5.74) is 6.46. The number of aryl methyl sites for hydroxylation is 1. The van der Waals surface area contributed by atoms with Gasteiger partial charge in [0.1, 0.15) is 6.04 Å². The molecule has 0 saturated carbocycles. The quantitative estimate of drug-likeness (QED) is 0.638. The molecule has 1 heterocycles. The highest BCUT2D eigenvalue weighted by Crippen LogP contribution is 2.32. The minimum atomic E-state index is -0.721. The summed E-state index contributed by atoms with van der Waals surface area (Å²) in [6.07, 6.45) is 0.927. The van der Waals surface area contributed by atoms with Crippen LogP contribution in [0.2, 0.25) is 0 Å². The van der Waals surface area contributed by atoms with E-state index in [1.165, 1.54) is 0 Å². The first-order valence-corrected chi connectivity index (χ1v) is 9.86. The van der Waals surface area contributed by atoms with Gasteiger partial charge in [-0.3, -0.25) is 9.59 Å². The Hall–Kier alpha value is -1.18. The molecule has 0 saturated heterocycles. The lowest BCUT2D eigenvalue weighted by Crippen LogP contribution is -2.47. The lowest BCUT2D eigenvalue weighted by Gasteiger charge is -2.22. The van der Waals surface area contributed by atoms with Crippen molar-refractivity contribution in [1.29, 1.82) is 0 Å². The highest BCUT2D eigenvalue weighted by atomic mass is 79.9. The number of carbonyl (C=O) groups is 2. The Morgan fingerprint density at radius 3 is 2.46 bits per heavy atom. The Kier molecular flexibility index (Phi) is 7.01. The number of carbonyl (C=O) groups excluding carboxylic acids is 2. The van der Waals surface area contributed by atoms with Gasteiger partial charge in [-0.15, -0.1) is 11.3 Å². The Morgan fingerprint density at radius 2 is 1.92 bits per heavy atom. The molecule has 1 aromatic carbocycles. The van der Waals surface area contributed by atoms with Crippen molar-refractivity contribution in [2.45, 2.75) is 31.7 Å². The number of rotatable bonds is 7. The number of hydrogen-bond acceptors (Lipinski definition) is 3. The summed E-state index contributed by atoms with van der Waals surface area (Å²) in [7, 11) is 0. The zero-order valence-electron chi connectivity index (χ0n) is 13.1. The van der Waals surface area contributed by atoms with E-state index in [1.807, 2.05) is 43.3 Å². The van der Waals surface area contributed by atoms with Gasteiger partial charge in [0.2, 0.25) is 11.8 Å². The average Bonchev–Trinajstić information content (AvgIpc) is 2.89. The molecule has 2 rings (SSSR count). The highest BCUT2D eigenvalue weighted by molar-refractivity contribution is 9.13. The summed E-state index contributed by atoms with van der Waals surface area (Å²) in [5, 5.41) is 2.77. The average molecular weight is 474 g/mol. The third kappa shape index (κ3) is 5.16.